The van der Waals surface area contributed by atoms with Gasteiger partial charge in [0.15, 0.2) is 0 Å². The quantitative estimate of drug-likeness (QED) is 0.151. The molecule has 3 unspecified atom stereocenters. The summed E-state index contributed by atoms with van der Waals surface area (Å²) >= 11 is 5.41. The summed E-state index contributed by atoms with van der Waals surface area (Å²) < 4.78 is 4.92. The summed E-state index contributed by atoms with van der Waals surface area (Å²) in [5, 5.41) is 9.27. The number of halogens is 1. The van der Waals surface area contributed by atoms with Gasteiger partial charge in [0.2, 0.25) is 5.91 Å². The molecule has 2 amide bonds. The minimum atomic E-state index is -0.742. The molecule has 0 saturated carbocycles. The van der Waals surface area contributed by atoms with Gasteiger partial charge in [0.25, 0.3) is 5.91 Å². The van der Waals surface area contributed by atoms with Crippen molar-refractivity contribution < 1.29 is 24.2 Å². The van der Waals surface area contributed by atoms with Gasteiger partial charge in [-0.15, -0.1) is 24.9 Å². The molecule has 1 spiro atoms. The maximum atomic E-state index is 14.6. The number of nitrogens with zero attached hydrogens (tertiary/aromatic N) is 2. The fourth-order valence-electron chi connectivity index (χ4n) is 6.40. The number of carbonyl (C=O) groups excluding carboxylic acids is 3. The number of allylic oxidation sites excluding steroid dienone is 1. The van der Waals surface area contributed by atoms with Crippen LogP contribution in [0.15, 0.2) is 43.5 Å². The van der Waals surface area contributed by atoms with Gasteiger partial charge < -0.3 is 19.6 Å². The third kappa shape index (κ3) is 5.46. The average Bonchev–Trinajstić information content (AvgIpc) is 3.50. The average molecular weight is 620 g/mol. The summed E-state index contributed by atoms with van der Waals surface area (Å²) in [6, 6.07) is 5.27. The molecule has 3 aliphatic rings. The standard InChI is InChI=1S/C30H39BrN2O5S/c1-5-7-10-16-38-29(37)23-24-27(35)33(14-8-9-15-34)26(30(24)18-21(31)25(23)39-30)28(36)32(13-6-2)22-17-19(3)11-12-20(22)4/h5-6,11-12,17,21,23-26,34H,1-2,7-10,13-16,18H2,3-4H3/t21?,23-,24+,25-,26?,30?/m1/s1. The van der Waals surface area contributed by atoms with Gasteiger partial charge in [-0.3, -0.25) is 14.4 Å². The topological polar surface area (TPSA) is 87.2 Å². The van der Waals surface area contributed by atoms with E-state index in [9.17, 15) is 19.5 Å². The number of anilines is 1. The number of alkyl halides is 1. The lowest BCUT2D eigenvalue weighted by Crippen LogP contribution is -2.55. The molecule has 212 valence electrons. The molecule has 0 aliphatic carbocycles. The number of aryl methyl sites for hydroxylation is 2. The van der Waals surface area contributed by atoms with Crippen LogP contribution in [0.25, 0.3) is 0 Å². The molecule has 4 rings (SSSR count). The molecule has 0 radical (unpaired) electrons. The van der Waals surface area contributed by atoms with Gasteiger partial charge in [0.05, 0.1) is 23.2 Å². The summed E-state index contributed by atoms with van der Waals surface area (Å²) in [6.45, 7) is 12.5. The molecule has 9 heteroatoms. The number of carbonyl (C=O) groups is 3. The van der Waals surface area contributed by atoms with Crippen molar-refractivity contribution >= 4 is 51.2 Å². The zero-order valence-corrected chi connectivity index (χ0v) is 25.2. The van der Waals surface area contributed by atoms with Crippen LogP contribution in [-0.4, -0.2) is 75.0 Å². The SMILES string of the molecule is C=CCCCOC(=O)[C@H]1[C@@H]2SC3(CC2Br)C(C(=O)N(CC=C)c2cc(C)ccc2C)N(CCCCO)C(=O)[C@H]13. The summed E-state index contributed by atoms with van der Waals surface area (Å²) in [4.78, 5) is 45.6. The number of likely N-dealkylation sites (tertiary alicyclic amines) is 1. The third-order valence-corrected chi connectivity index (χ3v) is 11.4. The van der Waals surface area contributed by atoms with Crippen molar-refractivity contribution in [2.24, 2.45) is 11.8 Å². The van der Waals surface area contributed by atoms with Crippen molar-refractivity contribution in [3.63, 3.8) is 0 Å². The van der Waals surface area contributed by atoms with Gasteiger partial charge >= 0.3 is 5.97 Å². The Balaban J connectivity index is 1.74. The van der Waals surface area contributed by atoms with Crippen LogP contribution in [0.5, 0.6) is 0 Å². The molecule has 39 heavy (non-hydrogen) atoms. The fraction of sp³-hybridized carbons (Fsp3) is 0.567. The van der Waals surface area contributed by atoms with Crippen LogP contribution in [0.4, 0.5) is 5.69 Å². The Labute approximate surface area is 244 Å². The summed E-state index contributed by atoms with van der Waals surface area (Å²) in [6.07, 6.45) is 6.64. The smallest absolute Gasteiger partial charge is 0.310 e. The predicted molar refractivity (Wildman–Crippen MR) is 159 cm³/mol. The number of aliphatic hydroxyl groups excluding tert-OH is 1. The minimum Gasteiger partial charge on any atom is -0.465 e. The first-order valence-corrected chi connectivity index (χ1v) is 15.5. The molecule has 3 fully saturated rings. The van der Waals surface area contributed by atoms with Crippen LogP contribution in [0.1, 0.15) is 43.2 Å². The van der Waals surface area contributed by atoms with Crippen molar-refractivity contribution in [1.82, 2.24) is 4.90 Å². The molecule has 7 nitrogen and oxygen atoms in total. The highest BCUT2D eigenvalue weighted by molar-refractivity contribution is 9.09. The predicted octanol–water partition coefficient (Wildman–Crippen LogP) is 4.57. The van der Waals surface area contributed by atoms with Crippen LogP contribution in [0.3, 0.4) is 0 Å². The Hall–Kier alpha value is -2.10. The molecule has 0 aromatic heterocycles. The van der Waals surface area contributed by atoms with E-state index in [1.165, 1.54) is 0 Å². The van der Waals surface area contributed by atoms with E-state index >= 15 is 0 Å². The number of aliphatic hydroxyl groups is 1. The second-order valence-electron chi connectivity index (χ2n) is 10.8. The number of unbranched alkanes of at least 4 members (excludes halogenated alkanes) is 2. The first-order chi connectivity index (χ1) is 18.7. The first-order valence-electron chi connectivity index (χ1n) is 13.7. The lowest BCUT2D eigenvalue weighted by atomic mass is 9.71. The maximum absolute atomic E-state index is 14.6. The van der Waals surface area contributed by atoms with Crippen molar-refractivity contribution in [3.8, 4) is 0 Å². The van der Waals surface area contributed by atoms with Crippen LogP contribution in [-0.2, 0) is 19.1 Å². The Morgan fingerprint density at radius 1 is 1.26 bits per heavy atom. The zero-order chi connectivity index (χ0) is 28.3. The van der Waals surface area contributed by atoms with Gasteiger partial charge in [-0.25, -0.2) is 0 Å². The molecule has 1 N–H and O–H groups in total. The van der Waals surface area contributed by atoms with E-state index in [1.807, 2.05) is 32.0 Å². The van der Waals surface area contributed by atoms with Crippen LogP contribution in [0, 0.1) is 25.7 Å². The van der Waals surface area contributed by atoms with E-state index < -0.39 is 22.6 Å². The van der Waals surface area contributed by atoms with Gasteiger partial charge in [-0.05, 0) is 63.1 Å². The van der Waals surface area contributed by atoms with E-state index in [4.69, 9.17) is 4.74 Å². The normalized spacial score (nSPS) is 28.9. The number of hydrogen-bond donors (Lipinski definition) is 1. The number of esters is 1. The molecular formula is C30H39BrN2O5S. The van der Waals surface area contributed by atoms with Gasteiger partial charge in [-0.1, -0.05) is 40.2 Å². The number of benzene rings is 1. The monoisotopic (exact) mass is 618 g/mol. The number of rotatable bonds is 13. The van der Waals surface area contributed by atoms with E-state index in [0.717, 1.165) is 23.2 Å². The molecule has 3 heterocycles. The van der Waals surface area contributed by atoms with Gasteiger partial charge in [0, 0.05) is 35.5 Å². The molecule has 1 aromatic rings. The van der Waals surface area contributed by atoms with E-state index in [2.05, 4.69) is 29.1 Å². The molecule has 3 aliphatic heterocycles. The largest absolute Gasteiger partial charge is 0.465 e. The summed E-state index contributed by atoms with van der Waals surface area (Å²) in [5.41, 5.74) is 2.80. The highest BCUT2D eigenvalue weighted by Gasteiger charge is 2.76. The van der Waals surface area contributed by atoms with E-state index in [-0.39, 0.29) is 41.1 Å². The Morgan fingerprint density at radius 2 is 2.03 bits per heavy atom. The first kappa shape index (κ1) is 29.9. The highest BCUT2D eigenvalue weighted by atomic mass is 79.9. The maximum Gasteiger partial charge on any atom is 0.310 e. The van der Waals surface area contributed by atoms with Crippen LogP contribution >= 0.6 is 27.7 Å². The number of thioether (sulfide) groups is 1. The van der Waals surface area contributed by atoms with E-state index in [0.29, 0.717) is 38.8 Å². The number of ether oxygens (including phenoxy) is 1. The molecule has 1 aromatic carbocycles. The third-order valence-electron chi connectivity index (χ3n) is 8.13. The second kappa shape index (κ2) is 12.6. The summed E-state index contributed by atoms with van der Waals surface area (Å²) in [5.74, 6) is -1.91. The minimum absolute atomic E-state index is 0.0141. The van der Waals surface area contributed by atoms with E-state index in [1.54, 1.807) is 33.7 Å². The lowest BCUT2D eigenvalue weighted by Gasteiger charge is -2.38. The van der Waals surface area contributed by atoms with Gasteiger partial charge in [0.1, 0.15) is 6.04 Å². The molecule has 2 bridgehead atoms. The Bertz CT molecular complexity index is 1130. The fourth-order valence-corrected chi connectivity index (χ4v) is 10.00. The van der Waals surface area contributed by atoms with Crippen molar-refractivity contribution in [3.05, 3.63) is 54.6 Å². The van der Waals surface area contributed by atoms with Crippen LogP contribution in [0.2, 0.25) is 0 Å². The highest BCUT2D eigenvalue weighted by Crippen LogP contribution is 2.68. The van der Waals surface area contributed by atoms with Crippen molar-refractivity contribution in [2.45, 2.75) is 66.8 Å². The molecule has 6 atom stereocenters. The van der Waals surface area contributed by atoms with Crippen molar-refractivity contribution in [2.75, 3.05) is 31.2 Å². The number of fused-ring (bicyclic) bond motifs is 1. The van der Waals surface area contributed by atoms with Crippen LogP contribution < -0.4 is 4.90 Å². The van der Waals surface area contributed by atoms with Crippen molar-refractivity contribution in [1.29, 1.82) is 0 Å². The molecule has 3 saturated heterocycles. The second-order valence-corrected chi connectivity index (χ2v) is 13.5. The number of hydrogen-bond acceptors (Lipinski definition) is 6. The molecular weight excluding hydrogens is 580 g/mol. The summed E-state index contributed by atoms with van der Waals surface area (Å²) in [7, 11) is 0. The van der Waals surface area contributed by atoms with Gasteiger partial charge in [-0.2, -0.15) is 0 Å². The zero-order valence-electron chi connectivity index (χ0n) is 22.8. The number of amides is 2. The lowest BCUT2D eigenvalue weighted by molar-refractivity contribution is -0.154. The Morgan fingerprint density at radius 3 is 2.72 bits per heavy atom. The Kier molecular flexibility index (Phi) is 9.65.